The molecular weight excluding hydrogens is 184 g/mol. The smallest absolute Gasteiger partial charge is 0.122 e. The highest BCUT2D eigenvalue weighted by molar-refractivity contribution is 5.45. The summed E-state index contributed by atoms with van der Waals surface area (Å²) in [4.78, 5) is 0. The van der Waals surface area contributed by atoms with Gasteiger partial charge in [-0.1, -0.05) is 31.5 Å². The maximum Gasteiger partial charge on any atom is 0.122 e. The predicted molar refractivity (Wildman–Crippen MR) is 63.4 cm³/mol. The summed E-state index contributed by atoms with van der Waals surface area (Å²) in [6.45, 7) is 6.38. The summed E-state index contributed by atoms with van der Waals surface area (Å²) in [6, 6.07) is 4.25. The molecule has 1 aromatic carbocycles. The van der Waals surface area contributed by atoms with Crippen LogP contribution >= 0.6 is 0 Å². The third-order valence-electron chi connectivity index (χ3n) is 3.19. The van der Waals surface area contributed by atoms with Gasteiger partial charge in [0.05, 0.1) is 0 Å². The zero-order valence-electron chi connectivity index (χ0n) is 9.88. The van der Waals surface area contributed by atoms with Crippen LogP contribution in [0.15, 0.2) is 12.1 Å². The van der Waals surface area contributed by atoms with Gasteiger partial charge in [-0.05, 0) is 49.1 Å². The lowest BCUT2D eigenvalue weighted by molar-refractivity contribution is 0.456. The maximum atomic E-state index is 10.2. The van der Waals surface area contributed by atoms with E-state index in [0.717, 1.165) is 23.5 Å². The van der Waals surface area contributed by atoms with Gasteiger partial charge in [-0.15, -0.1) is 0 Å². The zero-order chi connectivity index (χ0) is 11.0. The van der Waals surface area contributed by atoms with Crippen molar-refractivity contribution in [2.45, 2.75) is 46.0 Å². The van der Waals surface area contributed by atoms with Gasteiger partial charge in [0.25, 0.3) is 0 Å². The first-order valence-electron chi connectivity index (χ1n) is 5.90. The third kappa shape index (κ3) is 2.34. The van der Waals surface area contributed by atoms with E-state index in [1.165, 1.54) is 18.4 Å². The van der Waals surface area contributed by atoms with Crippen LogP contribution < -0.4 is 0 Å². The molecule has 0 saturated heterocycles. The summed E-state index contributed by atoms with van der Waals surface area (Å²) in [5.41, 5.74) is 3.53. The molecule has 0 heterocycles. The molecule has 1 N–H and O–H groups in total. The molecule has 0 unspecified atom stereocenters. The molecule has 0 radical (unpaired) electrons. The van der Waals surface area contributed by atoms with Crippen molar-refractivity contribution in [1.29, 1.82) is 0 Å². The molecule has 1 aliphatic carbocycles. The van der Waals surface area contributed by atoms with Crippen molar-refractivity contribution in [3.63, 3.8) is 0 Å². The van der Waals surface area contributed by atoms with Gasteiger partial charge in [0, 0.05) is 0 Å². The van der Waals surface area contributed by atoms with Gasteiger partial charge >= 0.3 is 0 Å². The van der Waals surface area contributed by atoms with Crippen molar-refractivity contribution < 1.29 is 5.11 Å². The van der Waals surface area contributed by atoms with Crippen molar-refractivity contribution >= 4 is 0 Å². The van der Waals surface area contributed by atoms with E-state index in [9.17, 15) is 5.11 Å². The fourth-order valence-corrected chi connectivity index (χ4v) is 2.11. The Morgan fingerprint density at radius 1 is 1.33 bits per heavy atom. The number of hydrogen-bond acceptors (Lipinski definition) is 1. The Morgan fingerprint density at radius 3 is 2.53 bits per heavy atom. The van der Waals surface area contributed by atoms with E-state index in [2.05, 4.69) is 32.9 Å². The molecule has 82 valence electrons. The van der Waals surface area contributed by atoms with Crippen LogP contribution in [-0.4, -0.2) is 5.11 Å². The number of aryl methyl sites for hydroxylation is 1. The fourth-order valence-electron chi connectivity index (χ4n) is 2.11. The lowest BCUT2D eigenvalue weighted by Crippen LogP contribution is -1.96. The van der Waals surface area contributed by atoms with E-state index in [0.29, 0.717) is 11.7 Å². The summed E-state index contributed by atoms with van der Waals surface area (Å²) in [6.07, 6.45) is 3.74. The van der Waals surface area contributed by atoms with Gasteiger partial charge < -0.3 is 5.11 Å². The number of rotatable bonds is 3. The number of phenolic OH excluding ortho intramolecular Hbond substituents is 1. The quantitative estimate of drug-likeness (QED) is 0.794. The van der Waals surface area contributed by atoms with Crippen LogP contribution in [0.1, 0.15) is 49.3 Å². The van der Waals surface area contributed by atoms with Crippen LogP contribution in [0.5, 0.6) is 5.75 Å². The molecule has 0 aromatic heterocycles. The number of aromatic hydroxyl groups is 1. The zero-order valence-corrected chi connectivity index (χ0v) is 9.88. The summed E-state index contributed by atoms with van der Waals surface area (Å²) in [5.74, 6) is 1.78. The Labute approximate surface area is 92.1 Å². The van der Waals surface area contributed by atoms with Crippen LogP contribution in [0.25, 0.3) is 0 Å². The Kier molecular flexibility index (Phi) is 2.72. The summed E-state index contributed by atoms with van der Waals surface area (Å²) in [5, 5.41) is 10.2. The van der Waals surface area contributed by atoms with Gasteiger partial charge in [-0.3, -0.25) is 0 Å². The van der Waals surface area contributed by atoms with Crippen molar-refractivity contribution in [3.8, 4) is 5.75 Å². The average molecular weight is 204 g/mol. The Bertz CT molecular complexity index is 362. The van der Waals surface area contributed by atoms with Gasteiger partial charge in [0.15, 0.2) is 0 Å². The van der Waals surface area contributed by atoms with Crippen LogP contribution in [0.2, 0.25) is 0 Å². The molecule has 0 aliphatic heterocycles. The van der Waals surface area contributed by atoms with Gasteiger partial charge in [0.1, 0.15) is 5.75 Å². The van der Waals surface area contributed by atoms with E-state index in [1.54, 1.807) is 0 Å². The summed E-state index contributed by atoms with van der Waals surface area (Å²) in [7, 11) is 0. The Balaban J connectivity index is 2.34. The van der Waals surface area contributed by atoms with Crippen LogP contribution in [0.3, 0.4) is 0 Å². The second kappa shape index (κ2) is 3.88. The molecule has 1 aliphatic rings. The van der Waals surface area contributed by atoms with E-state index < -0.39 is 0 Å². The standard InChI is InChI=1S/C14H20O/c1-9(2)13-7-10(3)6-12(14(13)15)8-11-4-5-11/h6-7,9,11,15H,4-5,8H2,1-3H3. The molecule has 1 fully saturated rings. The summed E-state index contributed by atoms with van der Waals surface area (Å²) < 4.78 is 0. The molecule has 1 nitrogen and oxygen atoms in total. The predicted octanol–water partition coefficient (Wildman–Crippen LogP) is 3.78. The average Bonchev–Trinajstić information content (AvgIpc) is 2.94. The number of benzene rings is 1. The second-order valence-corrected chi connectivity index (χ2v) is 5.16. The van der Waals surface area contributed by atoms with Crippen LogP contribution in [0, 0.1) is 12.8 Å². The first-order chi connectivity index (χ1) is 7.08. The first kappa shape index (κ1) is 10.5. The highest BCUT2D eigenvalue weighted by Crippen LogP contribution is 2.38. The minimum Gasteiger partial charge on any atom is -0.507 e. The SMILES string of the molecule is Cc1cc(CC2CC2)c(O)c(C(C)C)c1. The van der Waals surface area contributed by atoms with Gasteiger partial charge in [-0.2, -0.15) is 0 Å². The van der Waals surface area contributed by atoms with Gasteiger partial charge in [0.2, 0.25) is 0 Å². The minimum absolute atomic E-state index is 0.405. The molecule has 1 heteroatoms. The largest absolute Gasteiger partial charge is 0.507 e. The fraction of sp³-hybridized carbons (Fsp3) is 0.571. The highest BCUT2D eigenvalue weighted by Gasteiger charge is 2.23. The summed E-state index contributed by atoms with van der Waals surface area (Å²) >= 11 is 0. The highest BCUT2D eigenvalue weighted by atomic mass is 16.3. The van der Waals surface area contributed by atoms with Crippen molar-refractivity contribution in [2.75, 3.05) is 0 Å². The molecular formula is C14H20O. The van der Waals surface area contributed by atoms with Crippen molar-refractivity contribution in [1.82, 2.24) is 0 Å². The lowest BCUT2D eigenvalue weighted by atomic mass is 9.94. The Morgan fingerprint density at radius 2 is 2.00 bits per heavy atom. The number of hydrogen-bond donors (Lipinski definition) is 1. The first-order valence-corrected chi connectivity index (χ1v) is 5.90. The van der Waals surface area contributed by atoms with Crippen molar-refractivity contribution in [2.24, 2.45) is 5.92 Å². The van der Waals surface area contributed by atoms with Crippen LogP contribution in [-0.2, 0) is 6.42 Å². The van der Waals surface area contributed by atoms with Crippen LogP contribution in [0.4, 0.5) is 0 Å². The van der Waals surface area contributed by atoms with Gasteiger partial charge in [-0.25, -0.2) is 0 Å². The topological polar surface area (TPSA) is 20.2 Å². The normalized spacial score (nSPS) is 16.0. The molecule has 1 saturated carbocycles. The monoisotopic (exact) mass is 204 g/mol. The second-order valence-electron chi connectivity index (χ2n) is 5.16. The number of phenols is 1. The van der Waals surface area contributed by atoms with E-state index >= 15 is 0 Å². The molecule has 0 spiro atoms. The lowest BCUT2D eigenvalue weighted by Gasteiger charge is -2.13. The Hall–Kier alpha value is -0.980. The van der Waals surface area contributed by atoms with E-state index in [1.807, 2.05) is 0 Å². The van der Waals surface area contributed by atoms with E-state index in [4.69, 9.17) is 0 Å². The maximum absolute atomic E-state index is 10.2. The molecule has 2 rings (SSSR count). The van der Waals surface area contributed by atoms with E-state index in [-0.39, 0.29) is 0 Å². The molecule has 0 atom stereocenters. The molecule has 0 amide bonds. The van der Waals surface area contributed by atoms with Crippen molar-refractivity contribution in [3.05, 3.63) is 28.8 Å². The minimum atomic E-state index is 0.405. The molecule has 15 heavy (non-hydrogen) atoms. The molecule has 0 bridgehead atoms. The third-order valence-corrected chi connectivity index (χ3v) is 3.19. The molecule has 1 aromatic rings.